The van der Waals surface area contributed by atoms with Gasteiger partial charge in [0.25, 0.3) is 0 Å². The van der Waals surface area contributed by atoms with E-state index in [1.54, 1.807) is 36.4 Å². The van der Waals surface area contributed by atoms with E-state index in [0.717, 1.165) is 3.57 Å². The molecule has 1 N–H and O–H groups in total. The Morgan fingerprint density at radius 2 is 1.91 bits per heavy atom. The Morgan fingerprint density at radius 3 is 2.57 bits per heavy atom. The van der Waals surface area contributed by atoms with Crippen LogP contribution in [0.4, 0.5) is 0 Å². The Kier molecular flexibility index (Phi) is 7.14. The summed E-state index contributed by atoms with van der Waals surface area (Å²) in [5.74, 6) is 0.697. The van der Waals surface area contributed by atoms with E-state index < -0.39 is 6.10 Å². The minimum absolute atomic E-state index is 0.127. The van der Waals surface area contributed by atoms with Gasteiger partial charge in [-0.25, -0.2) is 0 Å². The molecule has 0 aliphatic carbocycles. The van der Waals surface area contributed by atoms with Crippen molar-refractivity contribution in [1.82, 2.24) is 0 Å². The van der Waals surface area contributed by atoms with Gasteiger partial charge >= 0.3 is 0 Å². The van der Waals surface area contributed by atoms with Gasteiger partial charge in [-0.3, -0.25) is 4.79 Å². The maximum atomic E-state index is 12.5. The van der Waals surface area contributed by atoms with Crippen LogP contribution in [0.25, 0.3) is 0 Å². The summed E-state index contributed by atoms with van der Waals surface area (Å²) in [5, 5.41) is 9.79. The van der Waals surface area contributed by atoms with Crippen molar-refractivity contribution < 1.29 is 14.6 Å². The van der Waals surface area contributed by atoms with Crippen molar-refractivity contribution in [3.63, 3.8) is 0 Å². The molecule has 0 fully saturated rings. The van der Waals surface area contributed by atoms with Crippen molar-refractivity contribution >= 4 is 51.6 Å². The zero-order valence-electron chi connectivity index (χ0n) is 12.1. The molecule has 0 saturated heterocycles. The lowest BCUT2D eigenvalue weighted by Gasteiger charge is -2.09. The van der Waals surface area contributed by atoms with Gasteiger partial charge in [-0.1, -0.05) is 11.6 Å². The average Bonchev–Trinajstić information content (AvgIpc) is 2.57. The van der Waals surface area contributed by atoms with E-state index in [0.29, 0.717) is 34.9 Å². The number of halogens is 3. The molecule has 0 aliphatic rings. The molecule has 23 heavy (non-hydrogen) atoms. The van der Waals surface area contributed by atoms with Gasteiger partial charge in [0.05, 0.1) is 17.7 Å². The summed E-state index contributed by atoms with van der Waals surface area (Å²) in [6.45, 7) is 0.365. The molecule has 6 heteroatoms. The highest BCUT2D eigenvalue weighted by molar-refractivity contribution is 14.1. The lowest BCUT2D eigenvalue weighted by Crippen LogP contribution is -2.13. The molecular weight excluding hydrogens is 450 g/mol. The fourth-order valence-corrected chi connectivity index (χ4v) is 2.77. The van der Waals surface area contributed by atoms with E-state index in [4.69, 9.17) is 27.9 Å². The first-order valence-electron chi connectivity index (χ1n) is 6.98. The molecule has 0 radical (unpaired) electrons. The van der Waals surface area contributed by atoms with Gasteiger partial charge in [-0.05, 0) is 65.1 Å². The second-order valence-corrected chi connectivity index (χ2v) is 6.88. The number of aliphatic hydroxyl groups is 1. The molecule has 0 amide bonds. The van der Waals surface area contributed by atoms with Gasteiger partial charge in [-0.2, -0.15) is 0 Å². The summed E-state index contributed by atoms with van der Waals surface area (Å²) in [7, 11) is 0. The maximum absolute atomic E-state index is 12.5. The standard InChI is InChI=1S/C17H15Cl2IO3/c18-10-13(21)7-8-23-14-4-1-11(2-5-14)17(22)15-9-12(20)3-6-16(15)19/h1-6,9,13,21H,7-8,10H2/t13-/m0/s1. The zero-order valence-corrected chi connectivity index (χ0v) is 15.8. The second-order valence-electron chi connectivity index (χ2n) is 4.92. The number of ketones is 1. The average molecular weight is 465 g/mol. The number of alkyl halides is 1. The van der Waals surface area contributed by atoms with E-state index in [2.05, 4.69) is 22.6 Å². The smallest absolute Gasteiger partial charge is 0.194 e. The van der Waals surface area contributed by atoms with Gasteiger partial charge in [0.1, 0.15) is 5.75 Å². The molecule has 0 spiro atoms. The first-order valence-corrected chi connectivity index (χ1v) is 8.97. The normalized spacial score (nSPS) is 12.0. The lowest BCUT2D eigenvalue weighted by atomic mass is 10.0. The molecule has 0 heterocycles. The maximum Gasteiger partial charge on any atom is 0.194 e. The van der Waals surface area contributed by atoms with E-state index in [9.17, 15) is 9.90 Å². The molecule has 2 aromatic rings. The zero-order chi connectivity index (χ0) is 16.8. The third-order valence-electron chi connectivity index (χ3n) is 3.19. The Hall–Kier alpha value is -0.820. The highest BCUT2D eigenvalue weighted by atomic mass is 127. The number of hydrogen-bond donors (Lipinski definition) is 1. The van der Waals surface area contributed by atoms with Crippen LogP contribution in [0.3, 0.4) is 0 Å². The highest BCUT2D eigenvalue weighted by Gasteiger charge is 2.13. The fraction of sp³-hybridized carbons (Fsp3) is 0.235. The molecule has 0 aliphatic heterocycles. The van der Waals surface area contributed by atoms with Crippen LogP contribution in [0.15, 0.2) is 42.5 Å². The number of carbonyl (C=O) groups is 1. The predicted molar refractivity (Wildman–Crippen MR) is 101 cm³/mol. The summed E-state index contributed by atoms with van der Waals surface area (Å²) < 4.78 is 6.46. The molecule has 0 unspecified atom stereocenters. The third kappa shape index (κ3) is 5.35. The van der Waals surface area contributed by atoms with Crippen LogP contribution >= 0.6 is 45.8 Å². The molecule has 2 aromatic carbocycles. The van der Waals surface area contributed by atoms with Crippen molar-refractivity contribution in [2.45, 2.75) is 12.5 Å². The molecule has 0 saturated carbocycles. The van der Waals surface area contributed by atoms with Gasteiger partial charge in [0.2, 0.25) is 0 Å². The Labute approximate surface area is 158 Å². The van der Waals surface area contributed by atoms with Gasteiger partial charge in [-0.15, -0.1) is 11.6 Å². The quantitative estimate of drug-likeness (QED) is 0.371. The first kappa shape index (κ1) is 18.5. The van der Waals surface area contributed by atoms with Gasteiger partial charge in [0.15, 0.2) is 5.78 Å². The third-order valence-corrected chi connectivity index (χ3v) is 4.54. The molecule has 3 nitrogen and oxygen atoms in total. The van der Waals surface area contributed by atoms with Gasteiger partial charge in [0, 0.05) is 27.0 Å². The van der Waals surface area contributed by atoms with Crippen LogP contribution < -0.4 is 4.74 Å². The minimum Gasteiger partial charge on any atom is -0.493 e. The fourth-order valence-electron chi connectivity index (χ4n) is 1.92. The number of hydrogen-bond acceptors (Lipinski definition) is 3. The van der Waals surface area contributed by atoms with E-state index in [-0.39, 0.29) is 11.7 Å². The predicted octanol–water partition coefficient (Wildman–Crippen LogP) is 4.54. The lowest BCUT2D eigenvalue weighted by molar-refractivity contribution is 0.103. The first-order chi connectivity index (χ1) is 11.0. The van der Waals surface area contributed by atoms with Crippen LogP contribution in [0.1, 0.15) is 22.3 Å². The molecule has 122 valence electrons. The Bertz CT molecular complexity index is 674. The summed E-state index contributed by atoms with van der Waals surface area (Å²) in [4.78, 5) is 12.5. The van der Waals surface area contributed by atoms with Crippen molar-refractivity contribution in [3.8, 4) is 5.75 Å². The summed E-state index contributed by atoms with van der Waals surface area (Å²) in [5.41, 5.74) is 1.03. The number of carbonyl (C=O) groups excluding carboxylic acids is 1. The minimum atomic E-state index is -0.569. The van der Waals surface area contributed by atoms with E-state index in [1.807, 2.05) is 6.07 Å². The largest absolute Gasteiger partial charge is 0.493 e. The van der Waals surface area contributed by atoms with E-state index in [1.165, 1.54) is 0 Å². The van der Waals surface area contributed by atoms with Crippen molar-refractivity contribution in [1.29, 1.82) is 0 Å². The second kappa shape index (κ2) is 8.87. The SMILES string of the molecule is O=C(c1ccc(OCC[C@H](O)CCl)cc1)c1cc(I)ccc1Cl. The van der Waals surface area contributed by atoms with Crippen molar-refractivity contribution in [3.05, 3.63) is 62.2 Å². The Morgan fingerprint density at radius 1 is 1.22 bits per heavy atom. The number of rotatable bonds is 7. The Balaban J connectivity index is 2.04. The van der Waals surface area contributed by atoms with Crippen LogP contribution in [-0.4, -0.2) is 29.5 Å². The summed E-state index contributed by atoms with van der Waals surface area (Å²) >= 11 is 13.8. The summed E-state index contributed by atoms with van der Waals surface area (Å²) in [6, 6.07) is 12.2. The topological polar surface area (TPSA) is 46.5 Å². The van der Waals surface area contributed by atoms with Crippen LogP contribution in [-0.2, 0) is 0 Å². The summed E-state index contributed by atoms with van der Waals surface area (Å²) in [6.07, 6.45) is -0.109. The monoisotopic (exact) mass is 464 g/mol. The van der Waals surface area contributed by atoms with E-state index >= 15 is 0 Å². The highest BCUT2D eigenvalue weighted by Crippen LogP contribution is 2.23. The number of aliphatic hydroxyl groups excluding tert-OH is 1. The molecule has 1 atom stereocenters. The number of ether oxygens (including phenoxy) is 1. The molecular formula is C17H15Cl2IO3. The molecule has 0 bridgehead atoms. The van der Waals surface area contributed by atoms with Crippen LogP contribution in [0.2, 0.25) is 5.02 Å². The van der Waals surface area contributed by atoms with Gasteiger partial charge < -0.3 is 9.84 Å². The molecule has 2 rings (SSSR count). The van der Waals surface area contributed by atoms with Crippen LogP contribution in [0.5, 0.6) is 5.75 Å². The van der Waals surface area contributed by atoms with Crippen LogP contribution in [0, 0.1) is 3.57 Å². The van der Waals surface area contributed by atoms with Crippen molar-refractivity contribution in [2.24, 2.45) is 0 Å². The number of benzene rings is 2. The molecule has 0 aromatic heterocycles. The van der Waals surface area contributed by atoms with Crippen molar-refractivity contribution in [2.75, 3.05) is 12.5 Å².